The first-order valence-electron chi connectivity index (χ1n) is 7.82. The highest BCUT2D eigenvalue weighted by Gasteiger charge is 2.21. The molecule has 0 radical (unpaired) electrons. The maximum Gasteiger partial charge on any atom is 0.321 e. The van der Waals surface area contributed by atoms with Crippen molar-refractivity contribution in [2.45, 2.75) is 65.9 Å². The van der Waals surface area contributed by atoms with Gasteiger partial charge in [0.15, 0.2) is 8.68 Å². The first-order chi connectivity index (χ1) is 11.1. The average molecular weight is 375 g/mol. The van der Waals surface area contributed by atoms with Crippen LogP contribution in [0.15, 0.2) is 8.68 Å². The minimum Gasteiger partial charge on any atom is -0.335 e. The second-order valence-corrected chi connectivity index (χ2v) is 9.40. The molecule has 2 rings (SSSR count). The average Bonchev–Trinajstić information content (AvgIpc) is 2.95. The molecule has 0 bridgehead atoms. The van der Waals surface area contributed by atoms with Crippen molar-refractivity contribution in [3.05, 3.63) is 0 Å². The van der Waals surface area contributed by atoms with Gasteiger partial charge in [-0.05, 0) is 25.5 Å². The zero-order valence-corrected chi connectivity index (χ0v) is 15.8. The van der Waals surface area contributed by atoms with E-state index in [9.17, 15) is 9.59 Å². The van der Waals surface area contributed by atoms with Crippen molar-refractivity contribution in [1.82, 2.24) is 20.8 Å². The molecule has 0 spiro atoms. The smallest absolute Gasteiger partial charge is 0.321 e. The monoisotopic (exact) mass is 374 g/mol. The summed E-state index contributed by atoms with van der Waals surface area (Å²) in [4.78, 5) is 24.0. The number of carbonyl (C=O) groups is 2. The summed E-state index contributed by atoms with van der Waals surface area (Å²) in [5.74, 6) is 0.639. The van der Waals surface area contributed by atoms with Crippen LogP contribution in [0.1, 0.15) is 46.0 Å². The predicted molar refractivity (Wildman–Crippen MR) is 95.2 cm³/mol. The molecule has 3 amide bonds. The van der Waals surface area contributed by atoms with E-state index in [-0.39, 0.29) is 17.2 Å². The number of rotatable bonds is 6. The van der Waals surface area contributed by atoms with Crippen molar-refractivity contribution in [3.63, 3.8) is 0 Å². The Kier molecular flexibility index (Phi) is 7.64. The number of imide groups is 1. The number of amides is 3. The lowest BCUT2D eigenvalue weighted by Crippen LogP contribution is -2.47. The quantitative estimate of drug-likeness (QED) is 0.743. The zero-order chi connectivity index (χ0) is 16.7. The Hall–Kier alpha value is -0.800. The molecule has 1 saturated carbocycles. The van der Waals surface area contributed by atoms with Gasteiger partial charge >= 0.3 is 6.03 Å². The van der Waals surface area contributed by atoms with Gasteiger partial charge in [0.1, 0.15) is 0 Å². The van der Waals surface area contributed by atoms with Gasteiger partial charge in [0.05, 0.1) is 5.25 Å². The number of hydrogen-bond acceptors (Lipinski definition) is 7. The summed E-state index contributed by atoms with van der Waals surface area (Å²) in [5.41, 5.74) is 0. The van der Waals surface area contributed by atoms with Crippen LogP contribution in [0.3, 0.4) is 0 Å². The van der Waals surface area contributed by atoms with E-state index in [4.69, 9.17) is 0 Å². The van der Waals surface area contributed by atoms with Gasteiger partial charge in [-0.3, -0.25) is 10.1 Å². The fourth-order valence-corrected chi connectivity index (χ4v) is 5.37. The molecule has 9 heteroatoms. The molecular formula is C14H22N4O2S3. The Morgan fingerprint density at radius 2 is 1.96 bits per heavy atom. The summed E-state index contributed by atoms with van der Waals surface area (Å²) in [6, 6.07) is -0.204. The van der Waals surface area contributed by atoms with Crippen LogP contribution < -0.4 is 10.6 Å². The standard InChI is InChI=1S/C14H22N4O2S3/c1-3-21-13-17-18-14(23-13)22-9(2)11(19)16-12(20)15-10-7-5-4-6-8-10/h9-10H,3-8H2,1-2H3,(H2,15,16,19,20)/t9-/m1/s1. The number of nitrogens with zero attached hydrogens (tertiary/aromatic N) is 2. The minimum atomic E-state index is -0.395. The minimum absolute atomic E-state index is 0.191. The fourth-order valence-electron chi connectivity index (χ4n) is 2.31. The molecule has 128 valence electrons. The lowest BCUT2D eigenvalue weighted by atomic mass is 9.96. The van der Waals surface area contributed by atoms with Gasteiger partial charge < -0.3 is 5.32 Å². The second kappa shape index (κ2) is 9.48. The van der Waals surface area contributed by atoms with Crippen molar-refractivity contribution in [2.24, 2.45) is 0 Å². The summed E-state index contributed by atoms with van der Waals surface area (Å²) in [5, 5.41) is 13.0. The molecule has 23 heavy (non-hydrogen) atoms. The molecule has 1 aromatic rings. The summed E-state index contributed by atoms with van der Waals surface area (Å²) >= 11 is 4.43. The van der Waals surface area contributed by atoms with E-state index < -0.39 is 6.03 Å². The number of hydrogen-bond donors (Lipinski definition) is 2. The normalized spacial score (nSPS) is 16.8. The van der Waals surface area contributed by atoms with Crippen LogP contribution in [-0.4, -0.2) is 39.2 Å². The number of urea groups is 1. The molecule has 1 aliphatic rings. The molecule has 0 saturated heterocycles. The van der Waals surface area contributed by atoms with Crippen molar-refractivity contribution in [1.29, 1.82) is 0 Å². The van der Waals surface area contributed by atoms with E-state index in [1.807, 2.05) is 0 Å². The maximum absolute atomic E-state index is 12.1. The van der Waals surface area contributed by atoms with Crippen LogP contribution in [0.2, 0.25) is 0 Å². The van der Waals surface area contributed by atoms with Crippen LogP contribution in [0.4, 0.5) is 4.79 Å². The van der Waals surface area contributed by atoms with E-state index in [1.54, 1.807) is 18.7 Å². The van der Waals surface area contributed by atoms with Gasteiger partial charge in [-0.15, -0.1) is 10.2 Å². The Labute approximate surface area is 149 Å². The predicted octanol–water partition coefficient (Wildman–Crippen LogP) is 3.29. The Morgan fingerprint density at radius 1 is 1.26 bits per heavy atom. The first-order valence-corrected chi connectivity index (χ1v) is 10.5. The molecule has 1 atom stereocenters. The summed E-state index contributed by atoms with van der Waals surface area (Å²) < 4.78 is 1.65. The van der Waals surface area contributed by atoms with Gasteiger partial charge in [0.2, 0.25) is 5.91 Å². The van der Waals surface area contributed by atoms with Gasteiger partial charge in [-0.25, -0.2) is 4.79 Å². The van der Waals surface area contributed by atoms with Crippen molar-refractivity contribution < 1.29 is 9.59 Å². The summed E-state index contributed by atoms with van der Waals surface area (Å²) in [6.07, 6.45) is 5.50. The van der Waals surface area contributed by atoms with E-state index in [0.717, 1.165) is 40.1 Å². The molecule has 6 nitrogen and oxygen atoms in total. The molecule has 1 aliphatic carbocycles. The van der Waals surface area contributed by atoms with Crippen LogP contribution in [-0.2, 0) is 4.79 Å². The first kappa shape index (κ1) is 18.5. The number of nitrogens with one attached hydrogen (secondary N) is 2. The molecule has 1 heterocycles. The zero-order valence-electron chi connectivity index (χ0n) is 13.3. The van der Waals surface area contributed by atoms with Crippen molar-refractivity contribution in [2.75, 3.05) is 5.75 Å². The van der Waals surface area contributed by atoms with Crippen LogP contribution >= 0.6 is 34.9 Å². The third kappa shape index (κ3) is 6.31. The number of carbonyl (C=O) groups excluding carboxylic acids is 2. The molecule has 1 fully saturated rings. The Balaban J connectivity index is 1.75. The third-order valence-corrected chi connectivity index (χ3v) is 6.60. The second-order valence-electron chi connectivity index (χ2n) is 5.32. The highest BCUT2D eigenvalue weighted by molar-refractivity contribution is 8.03. The molecule has 1 aromatic heterocycles. The highest BCUT2D eigenvalue weighted by Crippen LogP contribution is 2.31. The Bertz CT molecular complexity index is 532. The molecule has 0 aliphatic heterocycles. The lowest BCUT2D eigenvalue weighted by Gasteiger charge is -2.22. The van der Waals surface area contributed by atoms with Gasteiger partial charge in [-0.1, -0.05) is 61.0 Å². The lowest BCUT2D eigenvalue weighted by molar-refractivity contribution is -0.119. The van der Waals surface area contributed by atoms with Crippen LogP contribution in [0.25, 0.3) is 0 Å². The topological polar surface area (TPSA) is 84.0 Å². The maximum atomic E-state index is 12.1. The fraction of sp³-hybridized carbons (Fsp3) is 0.714. The molecule has 0 unspecified atom stereocenters. The van der Waals surface area contributed by atoms with Crippen LogP contribution in [0, 0.1) is 0 Å². The number of thioether (sulfide) groups is 2. The molecule has 2 N–H and O–H groups in total. The molecular weight excluding hydrogens is 352 g/mol. The van der Waals surface area contributed by atoms with E-state index in [0.29, 0.717) is 0 Å². The molecule has 0 aromatic carbocycles. The highest BCUT2D eigenvalue weighted by atomic mass is 32.2. The van der Waals surface area contributed by atoms with Crippen LogP contribution in [0.5, 0.6) is 0 Å². The largest absolute Gasteiger partial charge is 0.335 e. The summed E-state index contributed by atoms with van der Waals surface area (Å²) in [7, 11) is 0. The van der Waals surface area contributed by atoms with Gasteiger partial charge in [0.25, 0.3) is 0 Å². The van der Waals surface area contributed by atoms with Gasteiger partial charge in [-0.2, -0.15) is 0 Å². The third-order valence-electron chi connectivity index (χ3n) is 3.48. The SMILES string of the molecule is CCSc1nnc(S[C@H](C)C(=O)NC(=O)NC2CCCCC2)s1. The van der Waals surface area contributed by atoms with E-state index >= 15 is 0 Å². The number of aromatic nitrogens is 2. The Morgan fingerprint density at radius 3 is 2.65 bits per heavy atom. The van der Waals surface area contributed by atoms with Gasteiger partial charge in [0, 0.05) is 6.04 Å². The van der Waals surface area contributed by atoms with Crippen molar-refractivity contribution in [3.8, 4) is 0 Å². The van der Waals surface area contributed by atoms with E-state index in [2.05, 4.69) is 27.8 Å². The summed E-state index contributed by atoms with van der Waals surface area (Å²) in [6.45, 7) is 3.82. The van der Waals surface area contributed by atoms with E-state index in [1.165, 1.54) is 29.5 Å². The van der Waals surface area contributed by atoms with Crippen molar-refractivity contribution >= 4 is 46.8 Å².